The summed E-state index contributed by atoms with van der Waals surface area (Å²) in [6.45, 7) is 1.98. The van der Waals surface area contributed by atoms with E-state index < -0.39 is 0 Å². The van der Waals surface area contributed by atoms with Crippen LogP contribution in [0.1, 0.15) is 28.3 Å². The molecule has 0 spiro atoms. The summed E-state index contributed by atoms with van der Waals surface area (Å²) in [5.41, 5.74) is 3.87. The lowest BCUT2D eigenvalue weighted by Crippen LogP contribution is -2.29. The quantitative estimate of drug-likeness (QED) is 0.772. The number of carbonyl (C=O) groups excluding carboxylic acids is 1. The molecular weight excluding hydrogens is 324 g/mol. The number of hydrogen-bond donors (Lipinski definition) is 1. The fourth-order valence-electron chi connectivity index (χ4n) is 2.33. The minimum absolute atomic E-state index is 0.0438. The van der Waals surface area contributed by atoms with Gasteiger partial charge in [-0.25, -0.2) is 0 Å². The summed E-state index contributed by atoms with van der Waals surface area (Å²) in [5, 5.41) is 7.07. The SMILES string of the molecule is COc1ccc(-c2cc(C(=O)N(C)C(C)c3cncs3)[nH]n2)cc1. The second-order valence-corrected chi connectivity index (χ2v) is 6.31. The third-order valence-corrected chi connectivity index (χ3v) is 4.90. The first-order valence-electron chi connectivity index (χ1n) is 7.45. The van der Waals surface area contributed by atoms with E-state index in [0.29, 0.717) is 5.69 Å². The fourth-order valence-corrected chi connectivity index (χ4v) is 3.05. The monoisotopic (exact) mass is 342 g/mol. The van der Waals surface area contributed by atoms with Gasteiger partial charge in [-0.15, -0.1) is 11.3 Å². The van der Waals surface area contributed by atoms with Crippen molar-refractivity contribution in [3.8, 4) is 17.0 Å². The van der Waals surface area contributed by atoms with Crippen LogP contribution in [0.15, 0.2) is 42.0 Å². The number of aromatic amines is 1. The molecule has 0 aliphatic carbocycles. The Kier molecular flexibility index (Phi) is 4.61. The summed E-state index contributed by atoms with van der Waals surface area (Å²) < 4.78 is 5.15. The maximum absolute atomic E-state index is 12.6. The van der Waals surface area contributed by atoms with Gasteiger partial charge >= 0.3 is 0 Å². The number of nitrogens with zero attached hydrogens (tertiary/aromatic N) is 3. The molecule has 7 heteroatoms. The molecular formula is C17H18N4O2S. The average Bonchev–Trinajstić information content (AvgIpc) is 3.31. The Hall–Kier alpha value is -2.67. The van der Waals surface area contributed by atoms with Crippen molar-refractivity contribution >= 4 is 17.2 Å². The highest BCUT2D eigenvalue weighted by Gasteiger charge is 2.21. The molecule has 2 heterocycles. The van der Waals surface area contributed by atoms with E-state index in [1.54, 1.807) is 36.8 Å². The van der Waals surface area contributed by atoms with Crippen molar-refractivity contribution in [1.82, 2.24) is 20.1 Å². The Bertz CT molecular complexity index is 812. The summed E-state index contributed by atoms with van der Waals surface area (Å²) in [6.07, 6.45) is 1.79. The molecule has 0 aliphatic heterocycles. The van der Waals surface area contributed by atoms with Crippen molar-refractivity contribution in [2.75, 3.05) is 14.2 Å². The molecule has 1 amide bonds. The van der Waals surface area contributed by atoms with E-state index in [-0.39, 0.29) is 11.9 Å². The van der Waals surface area contributed by atoms with E-state index in [4.69, 9.17) is 4.74 Å². The van der Waals surface area contributed by atoms with Gasteiger partial charge in [-0.1, -0.05) is 0 Å². The third kappa shape index (κ3) is 3.16. The number of carbonyl (C=O) groups is 1. The molecule has 0 radical (unpaired) electrons. The van der Waals surface area contributed by atoms with Crippen LogP contribution in [0.25, 0.3) is 11.3 Å². The zero-order chi connectivity index (χ0) is 17.1. The largest absolute Gasteiger partial charge is 0.497 e. The second-order valence-electron chi connectivity index (χ2n) is 5.39. The van der Waals surface area contributed by atoms with E-state index >= 15 is 0 Å². The zero-order valence-electron chi connectivity index (χ0n) is 13.7. The molecule has 0 saturated heterocycles. The van der Waals surface area contributed by atoms with Crippen molar-refractivity contribution in [2.24, 2.45) is 0 Å². The molecule has 124 valence electrons. The lowest BCUT2D eigenvalue weighted by molar-refractivity contribution is 0.0739. The minimum atomic E-state index is -0.108. The number of H-pyrrole nitrogens is 1. The topological polar surface area (TPSA) is 71.1 Å². The molecule has 3 aromatic rings. The molecule has 1 unspecified atom stereocenters. The summed E-state index contributed by atoms with van der Waals surface area (Å²) in [5.74, 6) is 0.673. The van der Waals surface area contributed by atoms with Crippen LogP contribution in [0.5, 0.6) is 5.75 Å². The number of rotatable bonds is 5. The van der Waals surface area contributed by atoms with Crippen LogP contribution in [0.2, 0.25) is 0 Å². The maximum Gasteiger partial charge on any atom is 0.272 e. The molecule has 2 aromatic heterocycles. The normalized spacial score (nSPS) is 12.0. The Morgan fingerprint density at radius 3 is 2.71 bits per heavy atom. The van der Waals surface area contributed by atoms with Gasteiger partial charge in [0, 0.05) is 23.7 Å². The van der Waals surface area contributed by atoms with Gasteiger partial charge in [0.05, 0.1) is 24.4 Å². The number of hydrogen-bond acceptors (Lipinski definition) is 5. The molecule has 6 nitrogen and oxygen atoms in total. The van der Waals surface area contributed by atoms with Gasteiger partial charge in [0.1, 0.15) is 11.4 Å². The highest BCUT2D eigenvalue weighted by molar-refractivity contribution is 7.09. The highest BCUT2D eigenvalue weighted by Crippen LogP contribution is 2.25. The van der Waals surface area contributed by atoms with Crippen molar-refractivity contribution in [3.05, 3.63) is 52.6 Å². The van der Waals surface area contributed by atoms with Crippen LogP contribution in [-0.4, -0.2) is 40.1 Å². The van der Waals surface area contributed by atoms with Gasteiger partial charge < -0.3 is 9.64 Å². The Morgan fingerprint density at radius 2 is 2.08 bits per heavy atom. The van der Waals surface area contributed by atoms with Crippen molar-refractivity contribution in [1.29, 1.82) is 0 Å². The second kappa shape index (κ2) is 6.84. The van der Waals surface area contributed by atoms with Crippen LogP contribution in [0, 0.1) is 0 Å². The van der Waals surface area contributed by atoms with Crippen LogP contribution >= 0.6 is 11.3 Å². The molecule has 24 heavy (non-hydrogen) atoms. The molecule has 1 atom stereocenters. The third-order valence-electron chi connectivity index (χ3n) is 3.96. The van der Waals surface area contributed by atoms with Gasteiger partial charge in [-0.05, 0) is 37.3 Å². The molecule has 1 N–H and O–H groups in total. The zero-order valence-corrected chi connectivity index (χ0v) is 14.5. The number of thiazole rings is 1. The van der Waals surface area contributed by atoms with Crippen molar-refractivity contribution in [2.45, 2.75) is 13.0 Å². The lowest BCUT2D eigenvalue weighted by Gasteiger charge is -2.22. The predicted molar refractivity (Wildman–Crippen MR) is 93.2 cm³/mol. The van der Waals surface area contributed by atoms with Gasteiger partial charge in [0.25, 0.3) is 5.91 Å². The first-order valence-corrected chi connectivity index (χ1v) is 8.33. The Labute approximate surface area is 144 Å². The van der Waals surface area contributed by atoms with Crippen LogP contribution < -0.4 is 4.74 Å². The van der Waals surface area contributed by atoms with E-state index in [9.17, 15) is 4.79 Å². The molecule has 1 aromatic carbocycles. The minimum Gasteiger partial charge on any atom is -0.497 e. The van der Waals surface area contributed by atoms with Gasteiger partial charge in [0.2, 0.25) is 0 Å². The molecule has 0 fully saturated rings. The number of nitrogens with one attached hydrogen (secondary N) is 1. The number of benzene rings is 1. The van der Waals surface area contributed by atoms with Crippen LogP contribution in [-0.2, 0) is 0 Å². The van der Waals surface area contributed by atoms with Crippen LogP contribution in [0.3, 0.4) is 0 Å². The number of amides is 1. The molecule has 0 saturated carbocycles. The maximum atomic E-state index is 12.6. The average molecular weight is 342 g/mol. The standard InChI is InChI=1S/C17H18N4O2S/c1-11(16-9-18-10-24-16)21(2)17(22)15-8-14(19-20-15)12-4-6-13(23-3)7-5-12/h4-11H,1-3H3,(H,19,20). The van der Waals surface area contributed by atoms with Gasteiger partial charge in [0.15, 0.2) is 0 Å². The molecule has 0 aliphatic rings. The van der Waals surface area contributed by atoms with E-state index in [2.05, 4.69) is 15.2 Å². The summed E-state index contributed by atoms with van der Waals surface area (Å²) in [4.78, 5) is 19.4. The smallest absolute Gasteiger partial charge is 0.272 e. The molecule has 3 rings (SSSR count). The first-order chi connectivity index (χ1) is 11.6. The number of ether oxygens (including phenoxy) is 1. The van der Waals surface area contributed by atoms with Crippen LogP contribution in [0.4, 0.5) is 0 Å². The highest BCUT2D eigenvalue weighted by atomic mass is 32.1. The Balaban J connectivity index is 1.77. The van der Waals surface area contributed by atoms with Gasteiger partial charge in [-0.2, -0.15) is 5.10 Å². The number of methoxy groups -OCH3 is 1. The van der Waals surface area contributed by atoms with E-state index in [0.717, 1.165) is 21.9 Å². The van der Waals surface area contributed by atoms with E-state index in [1.165, 1.54) is 11.3 Å². The van der Waals surface area contributed by atoms with Crippen molar-refractivity contribution in [3.63, 3.8) is 0 Å². The molecule has 0 bridgehead atoms. The lowest BCUT2D eigenvalue weighted by atomic mass is 10.1. The van der Waals surface area contributed by atoms with E-state index in [1.807, 2.05) is 31.2 Å². The summed E-state index contributed by atoms with van der Waals surface area (Å²) >= 11 is 1.53. The first kappa shape index (κ1) is 16.2. The van der Waals surface area contributed by atoms with Gasteiger partial charge in [-0.3, -0.25) is 14.9 Å². The fraction of sp³-hybridized carbons (Fsp3) is 0.235. The summed E-state index contributed by atoms with van der Waals surface area (Å²) in [7, 11) is 3.40. The summed E-state index contributed by atoms with van der Waals surface area (Å²) in [6, 6.07) is 9.27. The van der Waals surface area contributed by atoms with Crippen molar-refractivity contribution < 1.29 is 9.53 Å². The predicted octanol–water partition coefficient (Wildman–Crippen LogP) is 3.38. The Morgan fingerprint density at radius 1 is 1.33 bits per heavy atom. The number of aromatic nitrogens is 3.